The van der Waals surface area contributed by atoms with Crippen LogP contribution in [-0.2, 0) is 4.79 Å². The summed E-state index contributed by atoms with van der Waals surface area (Å²) in [5.74, 6) is -0.0820. The number of hydrogen-bond acceptors (Lipinski definition) is 3. The van der Waals surface area contributed by atoms with Gasteiger partial charge >= 0.3 is 0 Å². The molecule has 0 aromatic heterocycles. The van der Waals surface area contributed by atoms with Crippen molar-refractivity contribution in [3.63, 3.8) is 0 Å². The number of rotatable bonds is 53. The SMILES string of the molecule is CC/C=C\C/C=C\C/C=C\C/C=C\CCCCCCCCCCC(=O)NC(CO)C(O)/C=C/CC/C=C/CCCCCCCCCCCCCCCCCCCCCCCCCCCCC. The van der Waals surface area contributed by atoms with Gasteiger partial charge in [0.1, 0.15) is 0 Å². The predicted octanol–water partition coefficient (Wildman–Crippen LogP) is 19.4. The van der Waals surface area contributed by atoms with Gasteiger partial charge in [0.2, 0.25) is 5.91 Å². The molecule has 0 spiro atoms. The first-order chi connectivity index (χ1) is 32.7. The van der Waals surface area contributed by atoms with Crippen LogP contribution in [0.5, 0.6) is 0 Å². The van der Waals surface area contributed by atoms with Gasteiger partial charge in [-0.25, -0.2) is 0 Å². The lowest BCUT2D eigenvalue weighted by atomic mass is 10.0. The second kappa shape index (κ2) is 57.1. The van der Waals surface area contributed by atoms with Crippen LogP contribution < -0.4 is 5.32 Å². The fourth-order valence-corrected chi connectivity index (χ4v) is 8.78. The zero-order valence-electron chi connectivity index (χ0n) is 44.2. The smallest absolute Gasteiger partial charge is 0.220 e. The second-order valence-electron chi connectivity index (χ2n) is 19.7. The first-order valence-corrected chi connectivity index (χ1v) is 29.2. The van der Waals surface area contributed by atoms with E-state index in [2.05, 4.69) is 79.9 Å². The third-order valence-corrected chi connectivity index (χ3v) is 13.2. The van der Waals surface area contributed by atoms with E-state index in [9.17, 15) is 15.0 Å². The average Bonchev–Trinajstić information content (AvgIpc) is 3.32. The first kappa shape index (κ1) is 63.8. The number of unbranched alkanes of at least 4 members (excludes halogenated alkanes) is 36. The number of carbonyl (C=O) groups excluding carboxylic acids is 1. The molecule has 0 saturated carbocycles. The summed E-state index contributed by atoms with van der Waals surface area (Å²) in [6.07, 6.45) is 82.3. The molecule has 0 fully saturated rings. The largest absolute Gasteiger partial charge is 0.394 e. The Morgan fingerprint density at radius 1 is 0.379 bits per heavy atom. The Morgan fingerprint density at radius 2 is 0.682 bits per heavy atom. The molecule has 0 aromatic rings. The van der Waals surface area contributed by atoms with Gasteiger partial charge in [-0.1, -0.05) is 292 Å². The highest BCUT2D eigenvalue weighted by molar-refractivity contribution is 5.76. The van der Waals surface area contributed by atoms with Crippen molar-refractivity contribution >= 4 is 5.91 Å². The van der Waals surface area contributed by atoms with Gasteiger partial charge in [0.05, 0.1) is 18.8 Å². The Balaban J connectivity index is 3.52. The number of hydrogen-bond donors (Lipinski definition) is 3. The Bertz CT molecular complexity index is 1130. The summed E-state index contributed by atoms with van der Waals surface area (Å²) in [6.45, 7) is 4.20. The van der Waals surface area contributed by atoms with Crippen LogP contribution >= 0.6 is 0 Å². The van der Waals surface area contributed by atoms with E-state index in [4.69, 9.17) is 0 Å². The van der Waals surface area contributed by atoms with E-state index in [1.54, 1.807) is 6.08 Å². The van der Waals surface area contributed by atoms with Gasteiger partial charge in [-0.15, -0.1) is 0 Å². The van der Waals surface area contributed by atoms with Crippen molar-refractivity contribution in [1.82, 2.24) is 5.32 Å². The summed E-state index contributed by atoms with van der Waals surface area (Å²) in [5, 5.41) is 23.2. The number of nitrogens with one attached hydrogen (secondary N) is 1. The fourth-order valence-electron chi connectivity index (χ4n) is 8.78. The summed E-state index contributed by atoms with van der Waals surface area (Å²) >= 11 is 0. The van der Waals surface area contributed by atoms with Gasteiger partial charge in [-0.3, -0.25) is 4.79 Å². The van der Waals surface area contributed by atoms with Crippen molar-refractivity contribution in [2.24, 2.45) is 0 Å². The molecule has 0 aliphatic carbocycles. The maximum Gasteiger partial charge on any atom is 0.220 e. The fraction of sp³-hybridized carbons (Fsp3) is 0.790. The van der Waals surface area contributed by atoms with E-state index in [-0.39, 0.29) is 12.5 Å². The third-order valence-electron chi connectivity index (χ3n) is 13.2. The Morgan fingerprint density at radius 3 is 1.06 bits per heavy atom. The normalized spacial score (nSPS) is 13.3. The van der Waals surface area contributed by atoms with Crippen molar-refractivity contribution in [1.29, 1.82) is 0 Å². The monoisotopic (exact) mass is 920 g/mol. The van der Waals surface area contributed by atoms with Gasteiger partial charge in [0, 0.05) is 6.42 Å². The van der Waals surface area contributed by atoms with Gasteiger partial charge in [-0.05, 0) is 70.6 Å². The lowest BCUT2D eigenvalue weighted by Gasteiger charge is -2.19. The minimum absolute atomic E-state index is 0.0820. The highest BCUT2D eigenvalue weighted by Crippen LogP contribution is 2.17. The maximum atomic E-state index is 12.5. The maximum absolute atomic E-state index is 12.5. The van der Waals surface area contributed by atoms with Crippen molar-refractivity contribution in [3.05, 3.63) is 72.9 Å². The van der Waals surface area contributed by atoms with Crippen molar-refractivity contribution in [2.45, 2.75) is 309 Å². The van der Waals surface area contributed by atoms with Crippen LogP contribution in [0.4, 0.5) is 0 Å². The third kappa shape index (κ3) is 52.8. The molecule has 66 heavy (non-hydrogen) atoms. The number of allylic oxidation sites excluding steroid dienone is 11. The zero-order chi connectivity index (χ0) is 47.7. The minimum Gasteiger partial charge on any atom is -0.394 e. The molecule has 384 valence electrons. The molecule has 0 heterocycles. The van der Waals surface area contributed by atoms with E-state index in [1.807, 2.05) is 6.08 Å². The van der Waals surface area contributed by atoms with E-state index in [0.717, 1.165) is 64.2 Å². The van der Waals surface area contributed by atoms with Crippen LogP contribution in [0, 0.1) is 0 Å². The van der Waals surface area contributed by atoms with Crippen molar-refractivity contribution < 1.29 is 15.0 Å². The molecule has 4 nitrogen and oxygen atoms in total. The van der Waals surface area contributed by atoms with Crippen LogP contribution in [0.2, 0.25) is 0 Å². The molecule has 0 rings (SSSR count). The van der Waals surface area contributed by atoms with Gasteiger partial charge in [0.25, 0.3) is 0 Å². The molecule has 0 aromatic carbocycles. The van der Waals surface area contributed by atoms with Gasteiger partial charge < -0.3 is 15.5 Å². The Kier molecular flexibility index (Phi) is 55.3. The van der Waals surface area contributed by atoms with Crippen LogP contribution in [0.15, 0.2) is 72.9 Å². The molecule has 1 amide bonds. The number of carbonyl (C=O) groups is 1. The number of aliphatic hydroxyl groups excluding tert-OH is 2. The second-order valence-corrected chi connectivity index (χ2v) is 19.7. The van der Waals surface area contributed by atoms with E-state index < -0.39 is 12.1 Å². The van der Waals surface area contributed by atoms with Crippen LogP contribution in [0.1, 0.15) is 296 Å². The quantitative estimate of drug-likeness (QED) is 0.0421. The highest BCUT2D eigenvalue weighted by Gasteiger charge is 2.18. The summed E-state index contributed by atoms with van der Waals surface area (Å²) in [7, 11) is 0. The molecular weight excluding hydrogens is 807 g/mol. The molecule has 0 radical (unpaired) electrons. The van der Waals surface area contributed by atoms with Crippen LogP contribution in [0.3, 0.4) is 0 Å². The predicted molar refractivity (Wildman–Crippen MR) is 294 cm³/mol. The molecular formula is C62H113NO3. The van der Waals surface area contributed by atoms with E-state index in [0.29, 0.717) is 6.42 Å². The Labute approximate surface area is 412 Å². The minimum atomic E-state index is -0.871. The first-order valence-electron chi connectivity index (χ1n) is 29.2. The van der Waals surface area contributed by atoms with Crippen molar-refractivity contribution in [3.8, 4) is 0 Å². The standard InChI is InChI=1S/C62H113NO3/c1-3-5-7-9-11-13-15-17-19-21-23-25-26-27-28-29-30-31-32-33-34-35-36-38-39-41-43-45-47-49-51-53-55-57-61(65)60(59-64)63-62(66)58-56-54-52-50-48-46-44-42-40-37-24-22-20-18-16-14-12-10-8-6-4-2/h6,8,12,14,18,20,24,37,47,49,55,57,60-61,64-65H,3-5,7,9-11,13,15-17,19,21-23,25-36,38-46,48,50-54,56,58-59H2,1-2H3,(H,63,66)/b8-6-,14-12-,20-18-,37-24-,49-47+,57-55+. The molecule has 2 unspecified atom stereocenters. The van der Waals surface area contributed by atoms with Gasteiger partial charge in [0.15, 0.2) is 0 Å². The molecule has 0 saturated heterocycles. The molecule has 4 heteroatoms. The summed E-state index contributed by atoms with van der Waals surface area (Å²) in [6, 6.07) is -0.649. The number of amides is 1. The van der Waals surface area contributed by atoms with Crippen LogP contribution in [0.25, 0.3) is 0 Å². The molecule has 3 N–H and O–H groups in total. The van der Waals surface area contributed by atoms with E-state index in [1.165, 1.54) is 212 Å². The molecule has 2 atom stereocenters. The number of aliphatic hydroxyl groups is 2. The lowest BCUT2D eigenvalue weighted by molar-refractivity contribution is -0.123. The van der Waals surface area contributed by atoms with Gasteiger partial charge in [-0.2, -0.15) is 0 Å². The molecule has 0 bridgehead atoms. The average molecular weight is 921 g/mol. The van der Waals surface area contributed by atoms with Crippen molar-refractivity contribution in [2.75, 3.05) is 6.61 Å². The van der Waals surface area contributed by atoms with Crippen LogP contribution in [-0.4, -0.2) is 34.9 Å². The zero-order valence-corrected chi connectivity index (χ0v) is 44.2. The summed E-state index contributed by atoms with van der Waals surface area (Å²) < 4.78 is 0. The lowest BCUT2D eigenvalue weighted by Crippen LogP contribution is -2.45. The van der Waals surface area contributed by atoms with E-state index >= 15 is 0 Å². The summed E-state index contributed by atoms with van der Waals surface area (Å²) in [4.78, 5) is 12.5. The summed E-state index contributed by atoms with van der Waals surface area (Å²) in [5.41, 5.74) is 0. The topological polar surface area (TPSA) is 69.6 Å². The molecule has 0 aliphatic heterocycles. The molecule has 0 aliphatic rings. The Hall–Kier alpha value is -2.17. The highest BCUT2D eigenvalue weighted by atomic mass is 16.3.